The maximum atomic E-state index is 12.7. The minimum atomic E-state index is -0.388. The Morgan fingerprint density at radius 3 is 2.90 bits per heavy atom. The number of benzene rings is 1. The van der Waals surface area contributed by atoms with E-state index in [1.54, 1.807) is 29.2 Å². The highest BCUT2D eigenvalue weighted by molar-refractivity contribution is 8.18. The normalized spacial score (nSPS) is 22.3. The van der Waals surface area contributed by atoms with Crippen molar-refractivity contribution in [2.75, 3.05) is 26.5 Å². The fourth-order valence-corrected chi connectivity index (χ4v) is 4.84. The van der Waals surface area contributed by atoms with Gasteiger partial charge in [-0.25, -0.2) is 0 Å². The van der Waals surface area contributed by atoms with Crippen LogP contribution in [0.3, 0.4) is 0 Å². The van der Waals surface area contributed by atoms with E-state index in [-0.39, 0.29) is 49.5 Å². The number of thioether (sulfide) groups is 1. The average Bonchev–Trinajstić information content (AvgIpc) is 3.31. The van der Waals surface area contributed by atoms with Crippen LogP contribution in [0.15, 0.2) is 23.1 Å². The standard InChI is InChI=1S/C21H24N2O6S/c24-10-7-15-3-1-2-8-22(15)19(25)6-9-23-20(26)18(30-21(23)27)12-14-4-5-16-17(11-14)29-13-28-16/h4-5,11-12,15,24H,1-3,6-10,13H2. The highest BCUT2D eigenvalue weighted by Crippen LogP contribution is 2.36. The van der Waals surface area contributed by atoms with Gasteiger partial charge in [0.1, 0.15) is 0 Å². The second-order valence-corrected chi connectivity index (χ2v) is 8.44. The predicted molar refractivity (Wildman–Crippen MR) is 111 cm³/mol. The number of carbonyl (C=O) groups is 3. The summed E-state index contributed by atoms with van der Waals surface area (Å²) in [5.74, 6) is 0.788. The van der Waals surface area contributed by atoms with Gasteiger partial charge in [0, 0.05) is 32.2 Å². The number of rotatable bonds is 6. The average molecular weight is 432 g/mol. The Morgan fingerprint density at radius 1 is 1.23 bits per heavy atom. The number of fused-ring (bicyclic) bond motifs is 1. The van der Waals surface area contributed by atoms with Crippen LogP contribution >= 0.6 is 11.8 Å². The lowest BCUT2D eigenvalue weighted by Crippen LogP contribution is -2.45. The molecule has 1 aromatic carbocycles. The molecular formula is C21H24N2O6S. The first-order valence-electron chi connectivity index (χ1n) is 10.1. The molecule has 0 aliphatic carbocycles. The molecule has 0 spiro atoms. The monoisotopic (exact) mass is 432 g/mol. The van der Waals surface area contributed by atoms with Gasteiger partial charge in [-0.3, -0.25) is 19.3 Å². The van der Waals surface area contributed by atoms with Crippen LogP contribution < -0.4 is 9.47 Å². The summed E-state index contributed by atoms with van der Waals surface area (Å²) >= 11 is 0.874. The predicted octanol–water partition coefficient (Wildman–Crippen LogP) is 2.61. The molecule has 3 aliphatic heterocycles. The summed E-state index contributed by atoms with van der Waals surface area (Å²) in [5, 5.41) is 8.86. The van der Waals surface area contributed by atoms with Crippen LogP contribution in [0.4, 0.5) is 4.79 Å². The van der Waals surface area contributed by atoms with Gasteiger partial charge in [0.15, 0.2) is 11.5 Å². The zero-order valence-corrected chi connectivity index (χ0v) is 17.4. The molecule has 0 aromatic heterocycles. The van der Waals surface area contributed by atoms with Crippen LogP contribution in [-0.4, -0.2) is 64.5 Å². The van der Waals surface area contributed by atoms with Crippen LogP contribution in [-0.2, 0) is 9.59 Å². The molecule has 160 valence electrons. The first-order valence-corrected chi connectivity index (χ1v) is 10.9. The van der Waals surface area contributed by atoms with Crippen LogP contribution in [0, 0.1) is 0 Å². The maximum Gasteiger partial charge on any atom is 0.293 e. The quantitative estimate of drug-likeness (QED) is 0.690. The van der Waals surface area contributed by atoms with Crippen molar-refractivity contribution in [2.24, 2.45) is 0 Å². The number of ether oxygens (including phenoxy) is 2. The molecule has 1 atom stereocenters. The van der Waals surface area contributed by atoms with Gasteiger partial charge in [-0.1, -0.05) is 6.07 Å². The molecule has 1 N–H and O–H groups in total. The molecule has 2 fully saturated rings. The molecule has 4 rings (SSSR count). The minimum Gasteiger partial charge on any atom is -0.454 e. The molecule has 1 aromatic rings. The van der Waals surface area contributed by atoms with E-state index in [1.807, 2.05) is 0 Å². The molecule has 8 nitrogen and oxygen atoms in total. The third-order valence-electron chi connectivity index (χ3n) is 5.53. The highest BCUT2D eigenvalue weighted by Gasteiger charge is 2.36. The van der Waals surface area contributed by atoms with E-state index < -0.39 is 0 Å². The van der Waals surface area contributed by atoms with Crippen molar-refractivity contribution >= 4 is 34.9 Å². The highest BCUT2D eigenvalue weighted by atomic mass is 32.2. The molecule has 9 heteroatoms. The van der Waals surface area contributed by atoms with Crippen molar-refractivity contribution < 1.29 is 29.0 Å². The maximum absolute atomic E-state index is 12.7. The Balaban J connectivity index is 1.39. The number of hydrogen-bond acceptors (Lipinski definition) is 7. The van der Waals surface area contributed by atoms with Gasteiger partial charge >= 0.3 is 0 Å². The lowest BCUT2D eigenvalue weighted by Gasteiger charge is -2.36. The lowest BCUT2D eigenvalue weighted by atomic mass is 9.99. The van der Waals surface area contributed by atoms with Crippen molar-refractivity contribution in [1.29, 1.82) is 0 Å². The number of nitrogens with zero attached hydrogens (tertiary/aromatic N) is 2. The number of piperidine rings is 1. The number of aliphatic hydroxyl groups is 1. The van der Waals surface area contributed by atoms with Gasteiger partial charge < -0.3 is 19.5 Å². The van der Waals surface area contributed by atoms with E-state index in [9.17, 15) is 19.5 Å². The Morgan fingerprint density at radius 2 is 2.07 bits per heavy atom. The number of likely N-dealkylation sites (tertiary alicyclic amines) is 1. The molecule has 0 radical (unpaired) electrons. The van der Waals surface area contributed by atoms with Crippen LogP contribution in [0.2, 0.25) is 0 Å². The first-order chi connectivity index (χ1) is 14.6. The second-order valence-electron chi connectivity index (χ2n) is 7.45. The van der Waals surface area contributed by atoms with Crippen molar-refractivity contribution in [3.63, 3.8) is 0 Å². The third-order valence-corrected chi connectivity index (χ3v) is 6.43. The van der Waals surface area contributed by atoms with Gasteiger partial charge in [-0.2, -0.15) is 0 Å². The topological polar surface area (TPSA) is 96.4 Å². The lowest BCUT2D eigenvalue weighted by molar-refractivity contribution is -0.135. The van der Waals surface area contributed by atoms with Gasteiger partial charge in [0.25, 0.3) is 11.1 Å². The molecular weight excluding hydrogens is 408 g/mol. The van der Waals surface area contributed by atoms with E-state index in [4.69, 9.17) is 9.47 Å². The SMILES string of the molecule is O=C1SC(=Cc2ccc3c(c2)OCO3)C(=O)N1CCC(=O)N1CCCCC1CCO. The molecule has 30 heavy (non-hydrogen) atoms. The van der Waals surface area contributed by atoms with Crippen LogP contribution in [0.25, 0.3) is 6.08 Å². The molecule has 3 heterocycles. The summed E-state index contributed by atoms with van der Waals surface area (Å²) in [4.78, 5) is 41.0. The smallest absolute Gasteiger partial charge is 0.293 e. The van der Waals surface area contributed by atoms with E-state index in [1.165, 1.54) is 0 Å². The minimum absolute atomic E-state index is 0.0390. The molecule has 1 unspecified atom stereocenters. The van der Waals surface area contributed by atoms with E-state index in [2.05, 4.69) is 0 Å². The van der Waals surface area contributed by atoms with Crippen LogP contribution in [0.5, 0.6) is 11.5 Å². The fraction of sp³-hybridized carbons (Fsp3) is 0.476. The zero-order valence-electron chi connectivity index (χ0n) is 16.5. The van der Waals surface area contributed by atoms with E-state index in [0.717, 1.165) is 41.5 Å². The van der Waals surface area contributed by atoms with E-state index >= 15 is 0 Å². The molecule has 2 saturated heterocycles. The van der Waals surface area contributed by atoms with Crippen molar-refractivity contribution in [2.45, 2.75) is 38.1 Å². The largest absolute Gasteiger partial charge is 0.454 e. The van der Waals surface area contributed by atoms with Gasteiger partial charge in [-0.15, -0.1) is 0 Å². The summed E-state index contributed by atoms with van der Waals surface area (Å²) in [5.41, 5.74) is 0.737. The third kappa shape index (κ3) is 4.32. The summed E-state index contributed by atoms with van der Waals surface area (Å²) in [6.07, 6.45) is 5.17. The van der Waals surface area contributed by atoms with Crippen molar-refractivity contribution in [3.8, 4) is 11.5 Å². The molecule has 3 aliphatic rings. The van der Waals surface area contributed by atoms with Crippen molar-refractivity contribution in [3.05, 3.63) is 28.7 Å². The number of amides is 3. The molecule has 3 amide bonds. The molecule has 0 bridgehead atoms. The Kier molecular flexibility index (Phi) is 6.29. The van der Waals surface area contributed by atoms with Crippen molar-refractivity contribution in [1.82, 2.24) is 9.80 Å². The molecule has 0 saturated carbocycles. The van der Waals surface area contributed by atoms with Gasteiger partial charge in [-0.05, 0) is 61.2 Å². The Hall–Kier alpha value is -2.52. The zero-order chi connectivity index (χ0) is 21.1. The summed E-state index contributed by atoms with van der Waals surface area (Å²) in [7, 11) is 0. The Labute approximate surface area is 178 Å². The number of aliphatic hydroxyl groups excluding tert-OH is 1. The number of hydrogen-bond donors (Lipinski definition) is 1. The van der Waals surface area contributed by atoms with Gasteiger partial charge in [0.2, 0.25) is 12.7 Å². The number of imide groups is 1. The fourth-order valence-electron chi connectivity index (χ4n) is 3.98. The summed E-state index contributed by atoms with van der Waals surface area (Å²) in [6, 6.07) is 5.36. The van der Waals surface area contributed by atoms with Gasteiger partial charge in [0.05, 0.1) is 4.91 Å². The number of carbonyl (C=O) groups excluding carboxylic acids is 3. The first kappa shape index (κ1) is 20.7. The summed E-state index contributed by atoms with van der Waals surface area (Å²) < 4.78 is 10.6. The second kappa shape index (κ2) is 9.09. The summed E-state index contributed by atoms with van der Waals surface area (Å²) in [6.45, 7) is 0.932. The van der Waals surface area contributed by atoms with Crippen LogP contribution in [0.1, 0.15) is 37.7 Å². The van der Waals surface area contributed by atoms with E-state index in [0.29, 0.717) is 29.4 Å². The Bertz CT molecular complexity index is 884.